The van der Waals surface area contributed by atoms with Crippen LogP contribution in [0, 0.1) is 5.92 Å². The van der Waals surface area contributed by atoms with Crippen molar-refractivity contribution in [1.82, 2.24) is 52.3 Å². The van der Waals surface area contributed by atoms with Crippen LogP contribution in [0.2, 0.25) is 0 Å². The minimum atomic E-state index is -2.53. The number of hydrogen-bond donors (Lipinski definition) is 17. The third kappa shape index (κ3) is 19.9. The summed E-state index contributed by atoms with van der Waals surface area (Å²) < 4.78 is 17.6. The molecule has 7 rings (SSSR count). The molecule has 3 aliphatic heterocycles. The SMILES string of the molecule is CC[C@H](C)[C@H](NC(=O)[C@H](CCCN=C(N)N)NC(=O)[C@H](CCC(N)=O)NC(=O)[C@@H]1CCCN1C(=O)CNC(=O)CN1C(=O)C=CC1=O)C(=O)N[C@@H](C)C(=O)NCC(=O)N[C@@H](CCC(N)=O)C(=O)N[C@H]1C[C@H](O[C@H]2C[C@](O)(C(=O)CO)Cc3c(O)c4c(c(O)c32)C(=O)c2c(OC)cccc2C4=O)O[C@@H](C)[C@H]1O. The summed E-state index contributed by atoms with van der Waals surface area (Å²) in [7, 11) is 1.24. The lowest BCUT2D eigenvalue weighted by Crippen LogP contribution is -2.60. The molecule has 0 saturated carbocycles. The Morgan fingerprint density at radius 3 is 2.01 bits per heavy atom. The molecule has 13 atom stereocenters. The average molecular weight is 1490 g/mol. The Hall–Kier alpha value is -11.0. The number of aliphatic hydroxyl groups is 3. The number of amides is 13. The van der Waals surface area contributed by atoms with E-state index in [1.54, 1.807) is 13.8 Å². The molecule has 2 aromatic rings. The third-order valence-corrected chi connectivity index (χ3v) is 18.8. The number of guanidine groups is 1. The number of carbonyl (C=O) groups excluding carboxylic acids is 16. The number of nitrogens with one attached hydrogen (secondary N) is 8. The van der Waals surface area contributed by atoms with Gasteiger partial charge in [-0.25, -0.2) is 0 Å². The lowest BCUT2D eigenvalue weighted by Gasteiger charge is -2.43. The Labute approximate surface area is 605 Å². The molecule has 0 unspecified atom stereocenters. The van der Waals surface area contributed by atoms with Crippen LogP contribution in [0.15, 0.2) is 35.3 Å². The number of hydrogen-bond acceptors (Lipinski definition) is 25. The lowest BCUT2D eigenvalue weighted by atomic mass is 9.72. The topological polar surface area (TPSA) is 621 Å². The van der Waals surface area contributed by atoms with E-state index >= 15 is 0 Å². The highest BCUT2D eigenvalue weighted by atomic mass is 16.7. The van der Waals surface area contributed by atoms with Gasteiger partial charge in [-0.3, -0.25) is 86.6 Å². The maximum Gasteiger partial charge on any atom is 0.254 e. The van der Waals surface area contributed by atoms with E-state index in [0.29, 0.717) is 11.3 Å². The number of phenolic OH excluding ortho intramolecular Hbond substituents is 2. The van der Waals surface area contributed by atoms with Crippen molar-refractivity contribution in [3.63, 3.8) is 0 Å². The molecule has 2 fully saturated rings. The first kappa shape index (κ1) is 82.3. The van der Waals surface area contributed by atoms with Gasteiger partial charge in [0, 0.05) is 74.0 Å². The third-order valence-electron chi connectivity index (χ3n) is 18.8. The molecule has 0 aromatic heterocycles. The zero-order valence-corrected chi connectivity index (χ0v) is 58.7. The number of carbonyl (C=O) groups is 16. The van der Waals surface area contributed by atoms with Gasteiger partial charge in [0.2, 0.25) is 70.8 Å². The number of Topliss-reactive ketones (excluding diaryl/α,β-unsaturated/α-hetero) is 1. The fraction of sp³-hybridized carbons (Fsp3) is 0.537. The number of aromatic hydroxyl groups is 2. The minimum Gasteiger partial charge on any atom is -0.507 e. The van der Waals surface area contributed by atoms with E-state index in [4.69, 9.17) is 37.1 Å². The molecule has 0 radical (unpaired) electrons. The van der Waals surface area contributed by atoms with Gasteiger partial charge in [0.25, 0.3) is 11.8 Å². The lowest BCUT2D eigenvalue weighted by molar-refractivity contribution is -0.249. The van der Waals surface area contributed by atoms with E-state index in [-0.39, 0.29) is 67.2 Å². The highest BCUT2D eigenvalue weighted by molar-refractivity contribution is 6.31. The highest BCUT2D eigenvalue weighted by Gasteiger charge is 2.51. The van der Waals surface area contributed by atoms with Crippen molar-refractivity contribution >= 4 is 100 Å². The Balaban J connectivity index is 0.983. The van der Waals surface area contributed by atoms with Gasteiger partial charge < -0.3 is 110 Å². The summed E-state index contributed by atoms with van der Waals surface area (Å²) in [4.78, 5) is 219. The molecule has 0 spiro atoms. The van der Waals surface area contributed by atoms with E-state index in [1.165, 1.54) is 39.2 Å². The molecule has 0 bridgehead atoms. The summed E-state index contributed by atoms with van der Waals surface area (Å²) in [5, 5.41) is 76.6. The fourth-order valence-corrected chi connectivity index (χ4v) is 12.9. The summed E-state index contributed by atoms with van der Waals surface area (Å²) in [5.41, 5.74) is 16.9. The maximum atomic E-state index is 14.3. The van der Waals surface area contributed by atoms with E-state index in [2.05, 4.69) is 47.5 Å². The van der Waals surface area contributed by atoms with Gasteiger partial charge in [0.05, 0.1) is 55.1 Å². The number of phenols is 2. The first-order chi connectivity index (χ1) is 50.0. The molecule has 13 amide bonds. The molecule has 21 N–H and O–H groups in total. The quantitative estimate of drug-likeness (QED) is 0.00856. The molecule has 5 aliphatic rings. The van der Waals surface area contributed by atoms with Gasteiger partial charge in [-0.1, -0.05) is 32.4 Å². The summed E-state index contributed by atoms with van der Waals surface area (Å²) in [5.74, 6) is -17.3. The van der Waals surface area contributed by atoms with Gasteiger partial charge in [-0.2, -0.15) is 0 Å². The first-order valence-electron chi connectivity index (χ1n) is 34.1. The van der Waals surface area contributed by atoms with Gasteiger partial charge in [-0.05, 0) is 64.4 Å². The Morgan fingerprint density at radius 1 is 0.755 bits per heavy atom. The normalized spacial score (nSPS) is 21.7. The summed E-state index contributed by atoms with van der Waals surface area (Å²) in [6.07, 6.45) is -7.29. The molecule has 106 heavy (non-hydrogen) atoms. The second kappa shape index (κ2) is 36.1. The van der Waals surface area contributed by atoms with Crippen molar-refractivity contribution in [3.05, 3.63) is 63.7 Å². The number of ketones is 3. The van der Waals surface area contributed by atoms with E-state index < -0.39 is 272 Å². The number of nitrogens with two attached hydrogens (primary N) is 4. The minimum absolute atomic E-state index is 0.0373. The van der Waals surface area contributed by atoms with E-state index in [1.807, 2.05) is 0 Å². The molecular formula is C67H89N15O24. The number of likely N-dealkylation sites (tertiary alicyclic amines) is 1. The van der Waals surface area contributed by atoms with Gasteiger partial charge in [0.1, 0.15) is 78.4 Å². The monoisotopic (exact) mass is 1490 g/mol. The van der Waals surface area contributed by atoms with Crippen LogP contribution in [-0.4, -0.2) is 248 Å². The first-order valence-corrected chi connectivity index (χ1v) is 34.1. The molecule has 39 nitrogen and oxygen atoms in total. The summed E-state index contributed by atoms with van der Waals surface area (Å²) >= 11 is 0. The summed E-state index contributed by atoms with van der Waals surface area (Å²) in [6, 6.07) is -5.98. The highest BCUT2D eigenvalue weighted by Crippen LogP contribution is 2.53. The maximum absolute atomic E-state index is 14.3. The van der Waals surface area contributed by atoms with Crippen molar-refractivity contribution < 1.29 is 116 Å². The van der Waals surface area contributed by atoms with Gasteiger partial charge in [0.15, 0.2) is 23.8 Å². The number of ether oxygens (including phenoxy) is 3. The second-order valence-corrected chi connectivity index (χ2v) is 26.3. The number of fused-ring (bicyclic) bond motifs is 3. The number of nitrogens with zero attached hydrogens (tertiary/aromatic N) is 3. The Bertz CT molecular complexity index is 3880. The molecular weight excluding hydrogens is 1400 g/mol. The van der Waals surface area contributed by atoms with Crippen LogP contribution >= 0.6 is 0 Å². The number of benzene rings is 2. The van der Waals surface area contributed by atoms with Crippen LogP contribution in [0.3, 0.4) is 0 Å². The Kier molecular flexibility index (Phi) is 28.0. The smallest absolute Gasteiger partial charge is 0.254 e. The zero-order valence-electron chi connectivity index (χ0n) is 58.7. The molecule has 2 aliphatic carbocycles. The molecule has 2 saturated heterocycles. The average Bonchev–Trinajstić information content (AvgIpc) is 0.853. The van der Waals surface area contributed by atoms with Crippen molar-refractivity contribution in [2.24, 2.45) is 33.8 Å². The van der Waals surface area contributed by atoms with Crippen molar-refractivity contribution in [3.8, 4) is 17.2 Å². The van der Waals surface area contributed by atoms with Gasteiger partial charge >= 0.3 is 0 Å². The van der Waals surface area contributed by atoms with Crippen LogP contribution in [-0.2, 0) is 83.0 Å². The number of imide groups is 1. The predicted molar refractivity (Wildman–Crippen MR) is 364 cm³/mol. The molecule has 2 aromatic carbocycles. The number of primary amides is 2. The number of rotatable bonds is 35. The van der Waals surface area contributed by atoms with Crippen LogP contribution in [0.1, 0.15) is 147 Å². The Morgan fingerprint density at radius 2 is 1.39 bits per heavy atom. The van der Waals surface area contributed by atoms with Crippen molar-refractivity contribution in [1.29, 1.82) is 0 Å². The van der Waals surface area contributed by atoms with Gasteiger partial charge in [-0.15, -0.1) is 0 Å². The van der Waals surface area contributed by atoms with E-state index in [0.717, 1.165) is 17.1 Å². The number of methoxy groups -OCH3 is 1. The second-order valence-electron chi connectivity index (χ2n) is 26.3. The van der Waals surface area contributed by atoms with Crippen molar-refractivity contribution in [2.45, 2.75) is 177 Å². The predicted octanol–water partition coefficient (Wildman–Crippen LogP) is -6.62. The summed E-state index contributed by atoms with van der Waals surface area (Å²) in [6.45, 7) is 2.50. The molecule has 576 valence electrons. The zero-order chi connectivity index (χ0) is 78.3. The van der Waals surface area contributed by atoms with Crippen molar-refractivity contribution in [2.75, 3.05) is 46.4 Å². The largest absolute Gasteiger partial charge is 0.507 e. The molecule has 3 heterocycles. The number of aliphatic hydroxyl groups excluding tert-OH is 2. The van der Waals surface area contributed by atoms with E-state index in [9.17, 15) is 102 Å². The standard InChI is InChI=1S/C67H89N15O24/c1-6-29(2)54(80-63(100)34(11-8-20-72-66(70)71)77-62(99)36(15-17-43(69)86)78-64(101)38-12-9-21-81(38)48(91)26-73-45(88)27-82-46(89)18-19-47(82)90)65(102)75-30(3)60(97)74-25-44(87)76-35(14-16-42(68)85)61(98)79-37-22-49(105-31(4)55(37)92)106-40-24-67(103,41(84)28-83)23-33-51(40)59(96)53-52(57(33)94)56(93)32-10-7-13-39(104-5)50(32)58(53)95/h7,10,13,18-19,29-31,34-38,40,49,54-55,83,92,94,96,103H,6,8-9,11-12,14-17,20-28H2,1-5H3,(H2,68,85)(H2,69,86)(H,73,88)(H,74,97)(H,75,102)(H,76,87)(H,77,99)(H,78,101)(H,79,98)(H,80,100)(H4,70,71,72)/t29-,30-,31-,34-,35-,36-,37-,38-,40-,49-,54-,55+,67-/m0/s1. The van der Waals surface area contributed by atoms with Crippen LogP contribution in [0.25, 0.3) is 0 Å². The van der Waals surface area contributed by atoms with Crippen LogP contribution in [0.4, 0.5) is 0 Å². The fourth-order valence-electron chi connectivity index (χ4n) is 12.9. The number of aliphatic imine (C=N–C) groups is 1. The van der Waals surface area contributed by atoms with Crippen LogP contribution in [0.5, 0.6) is 17.2 Å². The molecule has 39 heteroatoms. The van der Waals surface area contributed by atoms with Crippen LogP contribution < -0.4 is 70.2 Å².